The lowest BCUT2D eigenvalue weighted by atomic mass is 9.80. The fourth-order valence-corrected chi connectivity index (χ4v) is 6.50. The molecule has 4 aliphatic carbocycles. The van der Waals surface area contributed by atoms with Crippen molar-refractivity contribution in [3.05, 3.63) is 51.1 Å². The number of carbonyl (C=O) groups excluding carboxylic acids is 1. The summed E-state index contributed by atoms with van der Waals surface area (Å²) < 4.78 is 1.66. The number of hydrogen-bond donors (Lipinski definition) is 2. The highest BCUT2D eigenvalue weighted by molar-refractivity contribution is 9.10. The quantitative estimate of drug-likeness (QED) is 0.674. The Balaban J connectivity index is 1.28. The van der Waals surface area contributed by atoms with Crippen LogP contribution in [0.4, 0.5) is 5.69 Å². The van der Waals surface area contributed by atoms with Gasteiger partial charge >= 0.3 is 0 Å². The maximum absolute atomic E-state index is 12.8. The summed E-state index contributed by atoms with van der Waals surface area (Å²) in [5, 5.41) is 10.9. The SMILES string of the molecule is C[C@@H](NC(=O)Cn1ncc(NC23CC4CC(CC2C4)C3)c(Br)c1=O)c1ccncc1. The molecule has 8 heteroatoms. The molecule has 4 bridgehead atoms. The molecule has 6 rings (SSSR count). The Kier molecular flexibility index (Phi) is 4.92. The summed E-state index contributed by atoms with van der Waals surface area (Å²) >= 11 is 3.46. The molecule has 1 amide bonds. The molecule has 4 saturated carbocycles. The fourth-order valence-electron chi connectivity index (χ4n) is 6.09. The van der Waals surface area contributed by atoms with Gasteiger partial charge < -0.3 is 10.6 Å². The zero-order chi connectivity index (χ0) is 20.9. The zero-order valence-electron chi connectivity index (χ0n) is 17.0. The van der Waals surface area contributed by atoms with Crippen LogP contribution in [0.1, 0.15) is 50.6 Å². The molecule has 4 aliphatic rings. The van der Waals surface area contributed by atoms with Gasteiger partial charge in [0.15, 0.2) is 0 Å². The molecule has 0 spiro atoms. The second kappa shape index (κ2) is 7.48. The average molecular weight is 472 g/mol. The Hall–Kier alpha value is -2.22. The van der Waals surface area contributed by atoms with Gasteiger partial charge in [-0.25, -0.2) is 4.68 Å². The Morgan fingerprint density at radius 1 is 1.27 bits per heavy atom. The summed E-state index contributed by atoms with van der Waals surface area (Å²) in [7, 11) is 0. The van der Waals surface area contributed by atoms with E-state index in [0.29, 0.717) is 10.4 Å². The Morgan fingerprint density at radius 3 is 2.67 bits per heavy atom. The molecule has 2 aromatic heterocycles. The number of hydrogen-bond acceptors (Lipinski definition) is 5. The molecule has 2 aromatic rings. The third kappa shape index (κ3) is 3.45. The third-order valence-electron chi connectivity index (χ3n) is 7.24. The van der Waals surface area contributed by atoms with E-state index in [-0.39, 0.29) is 29.6 Å². The minimum absolute atomic E-state index is 0.119. The van der Waals surface area contributed by atoms with Gasteiger partial charge in [-0.05, 0) is 90.4 Å². The number of carbonyl (C=O) groups is 1. The molecule has 2 unspecified atom stereocenters. The van der Waals surface area contributed by atoms with Crippen LogP contribution < -0.4 is 16.2 Å². The molecule has 3 atom stereocenters. The summed E-state index contributed by atoms with van der Waals surface area (Å²) in [6.07, 6.45) is 11.4. The van der Waals surface area contributed by atoms with Gasteiger partial charge in [0, 0.05) is 17.9 Å². The molecular weight excluding hydrogens is 446 g/mol. The van der Waals surface area contributed by atoms with Gasteiger partial charge in [-0.15, -0.1) is 0 Å². The van der Waals surface area contributed by atoms with Crippen LogP contribution in [0, 0.1) is 17.8 Å². The second-order valence-electron chi connectivity index (χ2n) is 9.23. The lowest BCUT2D eigenvalue weighted by molar-refractivity contribution is -0.122. The predicted octanol–water partition coefficient (Wildman–Crippen LogP) is 3.27. The van der Waals surface area contributed by atoms with Crippen molar-refractivity contribution in [2.75, 3.05) is 5.32 Å². The van der Waals surface area contributed by atoms with Gasteiger partial charge in [0.2, 0.25) is 5.91 Å². The average Bonchev–Trinajstić information content (AvgIpc) is 3.11. The number of nitrogens with zero attached hydrogens (tertiary/aromatic N) is 3. The Bertz CT molecular complexity index is 1010. The van der Waals surface area contributed by atoms with E-state index in [1.165, 1.54) is 36.8 Å². The first kappa shape index (κ1) is 19.7. The molecule has 2 heterocycles. The fraction of sp³-hybridized carbons (Fsp3) is 0.545. The number of rotatable bonds is 6. The summed E-state index contributed by atoms with van der Waals surface area (Å²) in [5.74, 6) is 2.10. The van der Waals surface area contributed by atoms with Gasteiger partial charge in [0.25, 0.3) is 5.56 Å². The van der Waals surface area contributed by atoms with E-state index in [1.807, 2.05) is 19.1 Å². The first-order valence-electron chi connectivity index (χ1n) is 10.7. The van der Waals surface area contributed by atoms with Crippen molar-refractivity contribution in [3.8, 4) is 0 Å². The molecule has 0 aromatic carbocycles. The van der Waals surface area contributed by atoms with Gasteiger partial charge in [-0.3, -0.25) is 14.6 Å². The lowest BCUT2D eigenvalue weighted by Crippen LogP contribution is -2.41. The number of aromatic nitrogens is 3. The summed E-state index contributed by atoms with van der Waals surface area (Å²) in [4.78, 5) is 29.3. The van der Waals surface area contributed by atoms with Gasteiger partial charge in [0.1, 0.15) is 11.0 Å². The van der Waals surface area contributed by atoms with E-state index >= 15 is 0 Å². The number of pyridine rings is 1. The van der Waals surface area contributed by atoms with Crippen LogP contribution in [-0.2, 0) is 11.3 Å². The van der Waals surface area contributed by atoms with Crippen molar-refractivity contribution in [1.82, 2.24) is 20.1 Å². The van der Waals surface area contributed by atoms with Crippen molar-refractivity contribution in [3.63, 3.8) is 0 Å². The first-order chi connectivity index (χ1) is 14.4. The topological polar surface area (TPSA) is 88.9 Å². The van der Waals surface area contributed by atoms with Crippen LogP contribution >= 0.6 is 15.9 Å². The summed E-state index contributed by atoms with van der Waals surface area (Å²) in [6.45, 7) is 1.78. The van der Waals surface area contributed by atoms with Crippen LogP contribution in [0.2, 0.25) is 0 Å². The zero-order valence-corrected chi connectivity index (χ0v) is 18.6. The maximum Gasteiger partial charge on any atom is 0.283 e. The number of nitrogens with one attached hydrogen (secondary N) is 2. The van der Waals surface area contributed by atoms with Crippen LogP contribution in [0.5, 0.6) is 0 Å². The van der Waals surface area contributed by atoms with Crippen LogP contribution in [-0.4, -0.2) is 26.2 Å². The van der Waals surface area contributed by atoms with E-state index in [1.54, 1.807) is 18.6 Å². The Morgan fingerprint density at radius 2 is 1.97 bits per heavy atom. The molecule has 4 fully saturated rings. The highest BCUT2D eigenvalue weighted by Gasteiger charge is 2.57. The van der Waals surface area contributed by atoms with Crippen molar-refractivity contribution >= 4 is 27.5 Å². The van der Waals surface area contributed by atoms with E-state index in [4.69, 9.17) is 0 Å². The van der Waals surface area contributed by atoms with Gasteiger partial charge in [-0.2, -0.15) is 5.10 Å². The number of amides is 1. The highest BCUT2D eigenvalue weighted by atomic mass is 79.9. The molecule has 30 heavy (non-hydrogen) atoms. The normalized spacial score (nSPS) is 29.7. The minimum atomic E-state index is -0.291. The van der Waals surface area contributed by atoms with E-state index in [9.17, 15) is 9.59 Å². The monoisotopic (exact) mass is 471 g/mol. The minimum Gasteiger partial charge on any atom is -0.377 e. The Labute approximate surface area is 183 Å². The van der Waals surface area contributed by atoms with Crippen molar-refractivity contribution < 1.29 is 4.79 Å². The van der Waals surface area contributed by atoms with Crippen molar-refractivity contribution in [1.29, 1.82) is 0 Å². The molecule has 2 N–H and O–H groups in total. The van der Waals surface area contributed by atoms with E-state index in [2.05, 4.69) is 36.6 Å². The first-order valence-corrected chi connectivity index (χ1v) is 11.5. The molecule has 0 saturated heterocycles. The predicted molar refractivity (Wildman–Crippen MR) is 117 cm³/mol. The van der Waals surface area contributed by atoms with Crippen LogP contribution in [0.15, 0.2) is 40.0 Å². The van der Waals surface area contributed by atoms with Crippen molar-refractivity contribution in [2.45, 2.75) is 57.2 Å². The summed E-state index contributed by atoms with van der Waals surface area (Å²) in [6, 6.07) is 3.54. The second-order valence-corrected chi connectivity index (χ2v) is 10.0. The summed E-state index contributed by atoms with van der Waals surface area (Å²) in [5.41, 5.74) is 1.53. The van der Waals surface area contributed by atoms with Crippen LogP contribution in [0.3, 0.4) is 0 Å². The highest BCUT2D eigenvalue weighted by Crippen LogP contribution is 2.61. The van der Waals surface area contributed by atoms with Crippen molar-refractivity contribution in [2.24, 2.45) is 17.8 Å². The molecule has 0 radical (unpaired) electrons. The molecular formula is C22H26BrN5O2. The largest absolute Gasteiger partial charge is 0.377 e. The number of halogens is 1. The molecule has 7 nitrogen and oxygen atoms in total. The van der Waals surface area contributed by atoms with Gasteiger partial charge in [0.05, 0.1) is 17.9 Å². The molecule has 0 aliphatic heterocycles. The standard InChI is InChI=1S/C22H26BrN5O2/c1-13(16-2-4-24-5-3-16)26-19(29)12-28-21(30)20(23)18(11-25-28)27-22-9-14-6-15(10-22)8-17(22)7-14/h2-5,11,13-15,17,27H,6-10,12H2,1H3,(H,26,29)/t13-,14?,15?,17?,22?/m1/s1. The third-order valence-corrected chi connectivity index (χ3v) is 8.00. The van der Waals surface area contributed by atoms with E-state index < -0.39 is 0 Å². The molecule has 158 valence electrons. The van der Waals surface area contributed by atoms with Gasteiger partial charge in [-0.1, -0.05) is 0 Å². The lowest BCUT2D eigenvalue weighted by Gasteiger charge is -2.35. The smallest absolute Gasteiger partial charge is 0.283 e. The van der Waals surface area contributed by atoms with Crippen LogP contribution in [0.25, 0.3) is 0 Å². The number of anilines is 1. The maximum atomic E-state index is 12.8. The van der Waals surface area contributed by atoms with E-state index in [0.717, 1.165) is 23.1 Å².